The van der Waals surface area contributed by atoms with Crippen LogP contribution in [0.3, 0.4) is 0 Å². The Bertz CT molecular complexity index is 1010. The molecule has 0 radical (unpaired) electrons. The molecule has 3 rings (SSSR count). The highest BCUT2D eigenvalue weighted by atomic mass is 32.2. The largest absolute Gasteiger partial charge is 0.494 e. The number of carbonyl (C=O) groups is 1. The van der Waals surface area contributed by atoms with E-state index in [4.69, 9.17) is 4.74 Å². The number of benzene rings is 2. The first-order valence-corrected chi connectivity index (χ1v) is 11.0. The standard InChI is InChI=1S/C22H25NO5S/c1-4-17-14-20(22(24)25)21(16-8-10-18(11-9-16)28-5-2)23(17)29(26,27)19-12-6-15(3)7-13-19/h6-14,17,21H,4-5H2,1-3H3,(H,24,25)/t17-,21+/m0/s1. The SMILES string of the molecule is CCOc1ccc([C@@H]2C(C(=O)O)=C[C@H](CC)N2S(=O)(=O)c2ccc(C)cc2)cc1. The third kappa shape index (κ3) is 4.06. The monoisotopic (exact) mass is 415 g/mol. The van der Waals surface area contributed by atoms with Gasteiger partial charge in [0.2, 0.25) is 10.0 Å². The van der Waals surface area contributed by atoms with E-state index >= 15 is 0 Å². The van der Waals surface area contributed by atoms with E-state index in [1.54, 1.807) is 54.6 Å². The number of hydrogen-bond donors (Lipinski definition) is 1. The Labute approximate surface area is 171 Å². The third-order valence-corrected chi connectivity index (χ3v) is 6.92. The van der Waals surface area contributed by atoms with Gasteiger partial charge >= 0.3 is 5.97 Å². The number of hydrogen-bond acceptors (Lipinski definition) is 4. The summed E-state index contributed by atoms with van der Waals surface area (Å²) in [6.07, 6.45) is 2.02. The maximum absolute atomic E-state index is 13.5. The van der Waals surface area contributed by atoms with E-state index in [0.717, 1.165) is 5.56 Å². The highest BCUT2D eigenvalue weighted by Gasteiger charge is 2.45. The minimum atomic E-state index is -3.91. The smallest absolute Gasteiger partial charge is 0.333 e. The zero-order valence-corrected chi connectivity index (χ0v) is 17.5. The molecule has 2 aromatic rings. The van der Waals surface area contributed by atoms with E-state index in [2.05, 4.69) is 0 Å². The summed E-state index contributed by atoms with van der Waals surface area (Å²) in [4.78, 5) is 12.1. The Morgan fingerprint density at radius 1 is 1.07 bits per heavy atom. The molecule has 0 unspecified atom stereocenters. The van der Waals surface area contributed by atoms with Crippen LogP contribution in [-0.4, -0.2) is 36.4 Å². The molecular formula is C22H25NO5S. The van der Waals surface area contributed by atoms with Crippen molar-refractivity contribution in [2.45, 2.75) is 44.2 Å². The fraction of sp³-hybridized carbons (Fsp3) is 0.318. The highest BCUT2D eigenvalue weighted by molar-refractivity contribution is 7.89. The van der Waals surface area contributed by atoms with Crippen LogP contribution >= 0.6 is 0 Å². The number of nitrogens with zero attached hydrogens (tertiary/aromatic N) is 1. The average Bonchev–Trinajstić information content (AvgIpc) is 3.10. The average molecular weight is 416 g/mol. The number of sulfonamides is 1. The molecule has 2 atom stereocenters. The van der Waals surface area contributed by atoms with Crippen molar-refractivity contribution in [2.75, 3.05) is 6.61 Å². The van der Waals surface area contributed by atoms with Crippen molar-refractivity contribution in [1.82, 2.24) is 4.31 Å². The van der Waals surface area contributed by atoms with Gasteiger partial charge in [0, 0.05) is 6.04 Å². The third-order valence-electron chi connectivity index (χ3n) is 5.02. The molecule has 6 nitrogen and oxygen atoms in total. The van der Waals surface area contributed by atoms with Crippen LogP contribution in [0.25, 0.3) is 0 Å². The molecule has 1 aliphatic rings. The second-order valence-corrected chi connectivity index (χ2v) is 8.80. The van der Waals surface area contributed by atoms with Crippen molar-refractivity contribution in [3.05, 3.63) is 71.3 Å². The van der Waals surface area contributed by atoms with E-state index in [0.29, 0.717) is 24.3 Å². The van der Waals surface area contributed by atoms with Crippen molar-refractivity contribution in [3.8, 4) is 5.75 Å². The number of rotatable bonds is 7. The molecule has 154 valence electrons. The minimum absolute atomic E-state index is 0.0664. The van der Waals surface area contributed by atoms with Crippen LogP contribution in [-0.2, 0) is 14.8 Å². The molecule has 7 heteroatoms. The summed E-state index contributed by atoms with van der Waals surface area (Å²) >= 11 is 0. The van der Waals surface area contributed by atoms with Gasteiger partial charge in [-0.3, -0.25) is 0 Å². The van der Waals surface area contributed by atoms with Gasteiger partial charge in [0.25, 0.3) is 0 Å². The molecule has 0 aromatic heterocycles. The van der Waals surface area contributed by atoms with E-state index < -0.39 is 28.1 Å². The first-order chi connectivity index (χ1) is 13.8. The van der Waals surface area contributed by atoms with Gasteiger partial charge in [0.15, 0.2) is 0 Å². The second-order valence-electron chi connectivity index (χ2n) is 6.96. The molecule has 0 amide bonds. The molecule has 29 heavy (non-hydrogen) atoms. The maximum atomic E-state index is 13.5. The lowest BCUT2D eigenvalue weighted by Crippen LogP contribution is -2.38. The number of aliphatic carboxylic acids is 1. The number of ether oxygens (including phenoxy) is 1. The molecule has 0 saturated carbocycles. The van der Waals surface area contributed by atoms with Gasteiger partial charge < -0.3 is 9.84 Å². The second kappa shape index (κ2) is 8.39. The Hall–Kier alpha value is -2.64. The van der Waals surface area contributed by atoms with Crippen molar-refractivity contribution in [1.29, 1.82) is 0 Å². The Balaban J connectivity index is 2.11. The molecule has 1 aliphatic heterocycles. The highest BCUT2D eigenvalue weighted by Crippen LogP contribution is 2.42. The fourth-order valence-electron chi connectivity index (χ4n) is 3.57. The van der Waals surface area contributed by atoms with E-state index in [1.165, 1.54) is 4.31 Å². The van der Waals surface area contributed by atoms with Crippen LogP contribution < -0.4 is 4.74 Å². The van der Waals surface area contributed by atoms with Gasteiger partial charge in [-0.1, -0.05) is 42.8 Å². The van der Waals surface area contributed by atoms with Crippen molar-refractivity contribution in [2.24, 2.45) is 0 Å². The summed E-state index contributed by atoms with van der Waals surface area (Å²) in [5.41, 5.74) is 1.61. The van der Waals surface area contributed by atoms with Crippen LogP contribution in [0, 0.1) is 6.92 Å². The maximum Gasteiger partial charge on any atom is 0.333 e. The zero-order valence-electron chi connectivity index (χ0n) is 16.7. The number of carboxylic acids is 1. The van der Waals surface area contributed by atoms with Gasteiger partial charge in [-0.2, -0.15) is 4.31 Å². The molecule has 1 heterocycles. The summed E-state index contributed by atoms with van der Waals surface area (Å²) in [5, 5.41) is 9.77. The Morgan fingerprint density at radius 3 is 2.21 bits per heavy atom. The molecule has 0 fully saturated rings. The first-order valence-electron chi connectivity index (χ1n) is 9.57. The van der Waals surface area contributed by atoms with Gasteiger partial charge in [-0.25, -0.2) is 13.2 Å². The molecule has 0 bridgehead atoms. The fourth-order valence-corrected chi connectivity index (χ4v) is 5.38. The van der Waals surface area contributed by atoms with Crippen LogP contribution in [0.4, 0.5) is 0 Å². The predicted octanol–water partition coefficient (Wildman–Crippen LogP) is 3.93. The summed E-state index contributed by atoms with van der Waals surface area (Å²) < 4.78 is 33.8. The van der Waals surface area contributed by atoms with Crippen LogP contribution in [0.5, 0.6) is 5.75 Å². The predicted molar refractivity (Wildman–Crippen MR) is 110 cm³/mol. The van der Waals surface area contributed by atoms with Crippen molar-refractivity contribution >= 4 is 16.0 Å². The summed E-state index contributed by atoms with van der Waals surface area (Å²) in [6.45, 7) is 6.11. The van der Waals surface area contributed by atoms with Gasteiger partial charge in [0.05, 0.1) is 23.1 Å². The Kier molecular flexibility index (Phi) is 6.10. The lowest BCUT2D eigenvalue weighted by atomic mass is 10.0. The molecule has 0 saturated heterocycles. The van der Waals surface area contributed by atoms with Crippen LogP contribution in [0.2, 0.25) is 0 Å². The normalized spacial score (nSPS) is 19.8. The quantitative estimate of drug-likeness (QED) is 0.741. The molecule has 2 aromatic carbocycles. The first kappa shape index (κ1) is 21.1. The molecular weight excluding hydrogens is 390 g/mol. The lowest BCUT2D eigenvalue weighted by Gasteiger charge is -2.30. The molecule has 0 spiro atoms. The van der Waals surface area contributed by atoms with Crippen molar-refractivity contribution in [3.63, 3.8) is 0 Å². The number of aryl methyl sites for hydroxylation is 1. The van der Waals surface area contributed by atoms with Gasteiger partial charge in [-0.15, -0.1) is 0 Å². The van der Waals surface area contributed by atoms with Crippen LogP contribution in [0.15, 0.2) is 65.1 Å². The zero-order chi connectivity index (χ0) is 21.2. The van der Waals surface area contributed by atoms with E-state index in [1.807, 2.05) is 20.8 Å². The number of carboxylic acid groups (broad SMARTS) is 1. The lowest BCUT2D eigenvalue weighted by molar-refractivity contribution is -0.133. The Morgan fingerprint density at radius 2 is 1.69 bits per heavy atom. The molecule has 0 aliphatic carbocycles. The van der Waals surface area contributed by atoms with Gasteiger partial charge in [-0.05, 0) is 50.1 Å². The van der Waals surface area contributed by atoms with E-state index in [9.17, 15) is 18.3 Å². The van der Waals surface area contributed by atoms with Crippen LogP contribution in [0.1, 0.15) is 37.4 Å². The van der Waals surface area contributed by atoms with Crippen molar-refractivity contribution < 1.29 is 23.1 Å². The topological polar surface area (TPSA) is 83.9 Å². The summed E-state index contributed by atoms with van der Waals surface area (Å²) in [6, 6.07) is 12.1. The summed E-state index contributed by atoms with van der Waals surface area (Å²) in [7, 11) is -3.91. The summed E-state index contributed by atoms with van der Waals surface area (Å²) in [5.74, 6) is -0.473. The minimum Gasteiger partial charge on any atom is -0.494 e. The molecule has 1 N–H and O–H groups in total. The van der Waals surface area contributed by atoms with E-state index in [-0.39, 0.29) is 10.5 Å². The van der Waals surface area contributed by atoms with Gasteiger partial charge in [0.1, 0.15) is 5.75 Å².